The Morgan fingerprint density at radius 3 is 2.61 bits per heavy atom. The quantitative estimate of drug-likeness (QED) is 0.619. The minimum atomic E-state index is -0.680. The highest BCUT2D eigenvalue weighted by molar-refractivity contribution is 9.10. The number of hydrazone groups is 1. The average molecular weight is 377 g/mol. The summed E-state index contributed by atoms with van der Waals surface area (Å²) in [5.41, 5.74) is 3.92. The molecule has 23 heavy (non-hydrogen) atoms. The predicted octanol–water partition coefficient (Wildman–Crippen LogP) is 3.46. The van der Waals surface area contributed by atoms with E-state index in [-0.39, 0.29) is 11.7 Å². The van der Waals surface area contributed by atoms with E-state index in [1.807, 2.05) is 12.1 Å². The molecule has 1 atom stereocenters. The first-order chi connectivity index (χ1) is 11.0. The van der Waals surface area contributed by atoms with Gasteiger partial charge in [0.15, 0.2) is 6.10 Å². The molecule has 1 amide bonds. The topological polar surface area (TPSA) is 70.9 Å². The summed E-state index contributed by atoms with van der Waals surface area (Å²) in [6.45, 7) is 3.42. The van der Waals surface area contributed by atoms with E-state index in [0.717, 1.165) is 10.0 Å². The van der Waals surface area contributed by atoms with Crippen molar-refractivity contribution < 1.29 is 14.6 Å². The van der Waals surface area contributed by atoms with Crippen molar-refractivity contribution in [1.82, 2.24) is 5.43 Å². The fourth-order valence-corrected chi connectivity index (χ4v) is 2.17. The summed E-state index contributed by atoms with van der Waals surface area (Å²) in [5, 5.41) is 13.3. The van der Waals surface area contributed by atoms with Crippen molar-refractivity contribution in [2.24, 2.45) is 5.10 Å². The van der Waals surface area contributed by atoms with E-state index in [1.54, 1.807) is 50.2 Å². The second kappa shape index (κ2) is 7.78. The number of phenolic OH excluding ortho intramolecular Hbond substituents is 1. The lowest BCUT2D eigenvalue weighted by atomic mass is 10.1. The van der Waals surface area contributed by atoms with Gasteiger partial charge < -0.3 is 9.84 Å². The van der Waals surface area contributed by atoms with Crippen molar-refractivity contribution >= 4 is 27.5 Å². The number of carbonyl (C=O) groups is 1. The summed E-state index contributed by atoms with van der Waals surface area (Å²) < 4.78 is 6.44. The fourth-order valence-electron chi connectivity index (χ4n) is 1.79. The lowest BCUT2D eigenvalue weighted by molar-refractivity contribution is -0.127. The van der Waals surface area contributed by atoms with Crippen molar-refractivity contribution in [1.29, 1.82) is 0 Å². The molecule has 120 valence electrons. The molecule has 0 aliphatic rings. The molecule has 6 heteroatoms. The van der Waals surface area contributed by atoms with Crippen molar-refractivity contribution in [3.8, 4) is 11.5 Å². The molecule has 0 fully saturated rings. The number of phenols is 1. The highest BCUT2D eigenvalue weighted by Gasteiger charge is 2.14. The number of benzene rings is 2. The number of nitrogens with one attached hydrogen (secondary N) is 1. The standard InChI is InChI=1S/C17H17BrN2O3/c1-11(13-6-8-15(21)9-7-13)19-20-17(22)12(2)23-16-5-3-4-14(18)10-16/h3-10,12,21H,1-2H3,(H,20,22)/b19-11+/t12-/m0/s1. The van der Waals surface area contributed by atoms with Crippen LogP contribution in [0.2, 0.25) is 0 Å². The van der Waals surface area contributed by atoms with E-state index < -0.39 is 6.10 Å². The van der Waals surface area contributed by atoms with Crippen LogP contribution in [0.25, 0.3) is 0 Å². The number of hydrogen-bond donors (Lipinski definition) is 2. The van der Waals surface area contributed by atoms with E-state index in [2.05, 4.69) is 26.5 Å². The second-order valence-electron chi connectivity index (χ2n) is 4.94. The molecule has 0 saturated carbocycles. The molecule has 0 bridgehead atoms. The number of ether oxygens (including phenoxy) is 1. The Bertz CT molecular complexity index is 714. The number of halogens is 1. The fraction of sp³-hybridized carbons (Fsp3) is 0.176. The van der Waals surface area contributed by atoms with Crippen LogP contribution in [0, 0.1) is 0 Å². The number of amides is 1. The molecule has 0 aliphatic carbocycles. The lowest BCUT2D eigenvalue weighted by Crippen LogP contribution is -2.33. The minimum absolute atomic E-state index is 0.182. The molecular formula is C17H17BrN2O3. The predicted molar refractivity (Wildman–Crippen MR) is 92.7 cm³/mol. The van der Waals surface area contributed by atoms with Gasteiger partial charge in [-0.1, -0.05) is 22.0 Å². The zero-order chi connectivity index (χ0) is 16.8. The average Bonchev–Trinajstić information content (AvgIpc) is 2.53. The van der Waals surface area contributed by atoms with Gasteiger partial charge in [-0.05, 0) is 61.9 Å². The van der Waals surface area contributed by atoms with Gasteiger partial charge in [0.25, 0.3) is 5.91 Å². The van der Waals surface area contributed by atoms with Gasteiger partial charge in [-0.3, -0.25) is 4.79 Å². The molecule has 0 unspecified atom stereocenters. The third-order valence-corrected chi connectivity index (χ3v) is 3.59. The largest absolute Gasteiger partial charge is 0.508 e. The van der Waals surface area contributed by atoms with Crippen molar-refractivity contribution in [3.05, 3.63) is 58.6 Å². The molecule has 2 aromatic rings. The molecule has 0 spiro atoms. The Labute approximate surface area is 143 Å². The van der Waals surface area contributed by atoms with E-state index in [9.17, 15) is 9.90 Å². The van der Waals surface area contributed by atoms with Crippen LogP contribution < -0.4 is 10.2 Å². The van der Waals surface area contributed by atoms with Gasteiger partial charge in [0.05, 0.1) is 5.71 Å². The van der Waals surface area contributed by atoms with Crippen LogP contribution in [0.5, 0.6) is 11.5 Å². The van der Waals surface area contributed by atoms with Gasteiger partial charge in [0, 0.05) is 4.47 Å². The van der Waals surface area contributed by atoms with E-state index in [0.29, 0.717) is 11.5 Å². The van der Waals surface area contributed by atoms with Crippen LogP contribution in [0.1, 0.15) is 19.4 Å². The van der Waals surface area contributed by atoms with Gasteiger partial charge in [0.1, 0.15) is 11.5 Å². The monoisotopic (exact) mass is 376 g/mol. The van der Waals surface area contributed by atoms with Gasteiger partial charge >= 0.3 is 0 Å². The molecule has 2 rings (SSSR count). The SMILES string of the molecule is C/C(=N\NC(=O)[C@H](C)Oc1cccc(Br)c1)c1ccc(O)cc1. The zero-order valence-electron chi connectivity index (χ0n) is 12.8. The molecule has 0 heterocycles. The number of aromatic hydroxyl groups is 1. The minimum Gasteiger partial charge on any atom is -0.508 e. The molecule has 0 aromatic heterocycles. The summed E-state index contributed by atoms with van der Waals surface area (Å²) in [6, 6.07) is 13.8. The van der Waals surface area contributed by atoms with Gasteiger partial charge in [0.2, 0.25) is 0 Å². The van der Waals surface area contributed by atoms with Crippen LogP contribution in [-0.2, 0) is 4.79 Å². The van der Waals surface area contributed by atoms with Gasteiger partial charge in [-0.15, -0.1) is 0 Å². The maximum absolute atomic E-state index is 12.0. The zero-order valence-corrected chi connectivity index (χ0v) is 14.4. The maximum atomic E-state index is 12.0. The van der Waals surface area contributed by atoms with Crippen LogP contribution in [-0.4, -0.2) is 22.8 Å². The Balaban J connectivity index is 1.95. The first-order valence-corrected chi connectivity index (χ1v) is 7.81. The number of nitrogens with zero attached hydrogens (tertiary/aromatic N) is 1. The molecule has 0 radical (unpaired) electrons. The Hall–Kier alpha value is -2.34. The van der Waals surface area contributed by atoms with Crippen LogP contribution >= 0.6 is 15.9 Å². The normalized spacial score (nSPS) is 12.6. The molecular weight excluding hydrogens is 360 g/mol. The third-order valence-electron chi connectivity index (χ3n) is 3.10. The van der Waals surface area contributed by atoms with Gasteiger partial charge in [-0.25, -0.2) is 5.43 Å². The van der Waals surface area contributed by atoms with E-state index >= 15 is 0 Å². The molecule has 2 aromatic carbocycles. The summed E-state index contributed by atoms with van der Waals surface area (Å²) in [7, 11) is 0. The summed E-state index contributed by atoms with van der Waals surface area (Å²) >= 11 is 3.35. The van der Waals surface area contributed by atoms with E-state index in [4.69, 9.17) is 4.74 Å². The smallest absolute Gasteiger partial charge is 0.280 e. The van der Waals surface area contributed by atoms with Crippen molar-refractivity contribution in [2.75, 3.05) is 0 Å². The van der Waals surface area contributed by atoms with Crippen LogP contribution in [0.15, 0.2) is 58.1 Å². The second-order valence-corrected chi connectivity index (χ2v) is 5.85. The maximum Gasteiger partial charge on any atom is 0.280 e. The molecule has 0 saturated heterocycles. The number of carbonyl (C=O) groups excluding carboxylic acids is 1. The molecule has 5 nitrogen and oxygen atoms in total. The lowest BCUT2D eigenvalue weighted by Gasteiger charge is -2.13. The Morgan fingerprint density at radius 2 is 1.96 bits per heavy atom. The Kier molecular flexibility index (Phi) is 5.76. The third kappa shape index (κ3) is 5.10. The van der Waals surface area contributed by atoms with E-state index in [1.165, 1.54) is 0 Å². The highest BCUT2D eigenvalue weighted by Crippen LogP contribution is 2.18. The van der Waals surface area contributed by atoms with Crippen LogP contribution in [0.4, 0.5) is 0 Å². The van der Waals surface area contributed by atoms with Crippen LogP contribution in [0.3, 0.4) is 0 Å². The summed E-state index contributed by atoms with van der Waals surface area (Å²) in [5.74, 6) is 0.436. The summed E-state index contributed by atoms with van der Waals surface area (Å²) in [6.07, 6.45) is -0.680. The first-order valence-electron chi connectivity index (χ1n) is 7.01. The van der Waals surface area contributed by atoms with Crippen molar-refractivity contribution in [2.45, 2.75) is 20.0 Å². The Morgan fingerprint density at radius 1 is 1.26 bits per heavy atom. The summed E-state index contributed by atoms with van der Waals surface area (Å²) in [4.78, 5) is 12.0. The molecule has 0 aliphatic heterocycles. The number of hydrogen-bond acceptors (Lipinski definition) is 4. The molecule has 2 N–H and O–H groups in total. The number of rotatable bonds is 5. The van der Waals surface area contributed by atoms with Crippen molar-refractivity contribution in [3.63, 3.8) is 0 Å². The van der Waals surface area contributed by atoms with Gasteiger partial charge in [-0.2, -0.15) is 5.10 Å². The first kappa shape index (κ1) is 17.0. The highest BCUT2D eigenvalue weighted by atomic mass is 79.9.